The normalized spacial score (nSPS) is 37.5. The van der Waals surface area contributed by atoms with Gasteiger partial charge in [-0.25, -0.2) is 0 Å². The molecule has 1 spiro atoms. The van der Waals surface area contributed by atoms with Crippen LogP contribution in [0.2, 0.25) is 0 Å². The molecule has 2 aliphatic carbocycles. The minimum atomic E-state index is -1.01. The van der Waals surface area contributed by atoms with Crippen LogP contribution in [0.3, 0.4) is 0 Å². The number of aliphatic hydroxyl groups is 1. The Kier molecular flexibility index (Phi) is 5.99. The number of nitrogens with zero attached hydrogens (tertiary/aromatic N) is 1. The Bertz CT molecular complexity index is 1120. The molecule has 1 N–H and O–H groups in total. The largest absolute Gasteiger partial charge is 0.462 e. The van der Waals surface area contributed by atoms with Crippen molar-refractivity contribution in [3.05, 3.63) is 71.8 Å². The van der Waals surface area contributed by atoms with Crippen LogP contribution < -0.4 is 0 Å². The van der Waals surface area contributed by atoms with E-state index in [0.29, 0.717) is 11.8 Å². The monoisotopic (exact) mass is 515 g/mol. The molecule has 6 unspecified atom stereocenters. The number of benzene rings is 2. The number of carbonyl (C=O) groups excluding carboxylic acids is 1. The van der Waals surface area contributed by atoms with Crippen molar-refractivity contribution in [2.45, 2.75) is 69.2 Å². The van der Waals surface area contributed by atoms with E-state index in [2.05, 4.69) is 11.8 Å². The van der Waals surface area contributed by atoms with E-state index in [1.54, 1.807) is 0 Å². The number of epoxide rings is 1. The van der Waals surface area contributed by atoms with Crippen LogP contribution in [0.15, 0.2) is 60.7 Å². The number of hydrogen-bond acceptors (Lipinski definition) is 5. The molecular weight excluding hydrogens is 474 g/mol. The zero-order valence-corrected chi connectivity index (χ0v) is 22.6. The van der Waals surface area contributed by atoms with E-state index in [1.165, 1.54) is 19.3 Å². The first kappa shape index (κ1) is 24.8. The molecule has 3 saturated heterocycles. The van der Waals surface area contributed by atoms with Gasteiger partial charge in [0.25, 0.3) is 0 Å². The van der Waals surface area contributed by atoms with Crippen LogP contribution in [0.4, 0.5) is 0 Å². The Labute approximate surface area is 226 Å². The second-order valence-electron chi connectivity index (χ2n) is 13.2. The van der Waals surface area contributed by atoms with Gasteiger partial charge in [0, 0.05) is 12.5 Å². The fraction of sp³-hybridized carbons (Fsp3) is 0.606. The lowest BCUT2D eigenvalue weighted by Crippen LogP contribution is -2.51. The predicted molar refractivity (Wildman–Crippen MR) is 145 cm³/mol. The zero-order chi connectivity index (χ0) is 26.0. The molecule has 3 heterocycles. The highest BCUT2D eigenvalue weighted by molar-refractivity contribution is 5.75. The molecule has 0 radical (unpaired) electrons. The second kappa shape index (κ2) is 9.18. The van der Waals surface area contributed by atoms with Crippen molar-refractivity contribution in [1.29, 1.82) is 0 Å². The van der Waals surface area contributed by atoms with Crippen LogP contribution >= 0.6 is 0 Å². The number of carbonyl (C=O) groups is 1. The molecule has 0 amide bonds. The summed E-state index contributed by atoms with van der Waals surface area (Å²) in [5.74, 6) is 0.958. The standard InChI is InChI=1S/C33H41NO4/c1-31-15-8-16-32(22-37-32)29(31)19-26-27(30(35)38-28(26)20-31)21-34-17-13-25(14-18-34)33(36,23-9-4-2-5-10-23)24-11-6-3-7-12-24/h2-7,9-12,25-29,36H,8,13-22H2,1H3. The summed E-state index contributed by atoms with van der Waals surface area (Å²) in [6, 6.07) is 20.3. The molecule has 5 heteroatoms. The fourth-order valence-corrected chi connectivity index (χ4v) is 9.00. The van der Waals surface area contributed by atoms with Crippen LogP contribution in [-0.4, -0.2) is 53.9 Å². The maximum Gasteiger partial charge on any atom is 0.310 e. The van der Waals surface area contributed by atoms with Crippen molar-refractivity contribution in [1.82, 2.24) is 4.90 Å². The molecule has 202 valence electrons. The van der Waals surface area contributed by atoms with E-state index in [9.17, 15) is 9.90 Å². The number of fused-ring (bicyclic) bond motifs is 3. The molecule has 2 aromatic carbocycles. The highest BCUT2D eigenvalue weighted by atomic mass is 16.6. The van der Waals surface area contributed by atoms with Gasteiger partial charge in [-0.2, -0.15) is 0 Å². The first-order valence-corrected chi connectivity index (χ1v) is 14.8. The van der Waals surface area contributed by atoms with Gasteiger partial charge in [0.15, 0.2) is 0 Å². The maximum atomic E-state index is 13.2. The number of hydrogen-bond donors (Lipinski definition) is 1. The van der Waals surface area contributed by atoms with Crippen LogP contribution in [0, 0.1) is 29.1 Å². The first-order chi connectivity index (χ1) is 18.4. The van der Waals surface area contributed by atoms with Gasteiger partial charge in [-0.1, -0.05) is 67.6 Å². The van der Waals surface area contributed by atoms with Crippen molar-refractivity contribution in [3.8, 4) is 0 Å². The molecule has 3 aliphatic heterocycles. The van der Waals surface area contributed by atoms with Crippen molar-refractivity contribution in [2.75, 3.05) is 26.2 Å². The van der Waals surface area contributed by atoms with Crippen molar-refractivity contribution < 1.29 is 19.4 Å². The molecule has 5 aliphatic rings. The molecule has 2 aromatic rings. The minimum absolute atomic E-state index is 0.0141. The molecule has 2 saturated carbocycles. The summed E-state index contributed by atoms with van der Waals surface area (Å²) in [5.41, 5.74) is 1.23. The lowest BCUT2D eigenvalue weighted by Gasteiger charge is -2.51. The summed E-state index contributed by atoms with van der Waals surface area (Å²) < 4.78 is 12.2. The third-order valence-corrected chi connectivity index (χ3v) is 11.1. The number of esters is 1. The fourth-order valence-electron chi connectivity index (χ4n) is 9.00. The van der Waals surface area contributed by atoms with Crippen LogP contribution in [0.5, 0.6) is 0 Å². The SMILES string of the molecule is CC12CCCC3(CO3)C1CC1C(C2)OC(=O)C1CN1CCC(C(O)(c2ccccc2)c2ccccc2)CC1. The second-order valence-corrected chi connectivity index (χ2v) is 13.2. The Morgan fingerprint density at radius 3 is 2.24 bits per heavy atom. The highest BCUT2D eigenvalue weighted by Crippen LogP contribution is 2.63. The molecule has 0 bridgehead atoms. The van der Waals surface area contributed by atoms with Crippen molar-refractivity contribution in [3.63, 3.8) is 0 Å². The maximum absolute atomic E-state index is 13.2. The summed E-state index contributed by atoms with van der Waals surface area (Å²) in [5, 5.41) is 12.2. The Morgan fingerprint density at radius 2 is 1.63 bits per heavy atom. The number of likely N-dealkylation sites (tertiary alicyclic amines) is 1. The Morgan fingerprint density at radius 1 is 1.00 bits per heavy atom. The number of ether oxygens (including phenoxy) is 2. The van der Waals surface area contributed by atoms with E-state index in [4.69, 9.17) is 9.47 Å². The molecule has 6 atom stereocenters. The summed E-state index contributed by atoms with van der Waals surface area (Å²) >= 11 is 0. The zero-order valence-electron chi connectivity index (χ0n) is 22.6. The number of piperidine rings is 1. The van der Waals surface area contributed by atoms with Gasteiger partial charge < -0.3 is 19.5 Å². The topological polar surface area (TPSA) is 62.3 Å². The van der Waals surface area contributed by atoms with Gasteiger partial charge in [0.1, 0.15) is 11.7 Å². The van der Waals surface area contributed by atoms with Gasteiger partial charge >= 0.3 is 5.97 Å². The summed E-state index contributed by atoms with van der Waals surface area (Å²) in [7, 11) is 0. The van der Waals surface area contributed by atoms with Crippen molar-refractivity contribution >= 4 is 5.97 Å². The molecule has 0 aromatic heterocycles. The third kappa shape index (κ3) is 3.96. The molecule has 5 fully saturated rings. The third-order valence-electron chi connectivity index (χ3n) is 11.1. The van der Waals surface area contributed by atoms with Gasteiger partial charge in [-0.05, 0) is 86.4 Å². The average Bonchev–Trinajstić information content (AvgIpc) is 3.65. The first-order valence-electron chi connectivity index (χ1n) is 14.8. The summed E-state index contributed by atoms with van der Waals surface area (Å²) in [6.45, 7) is 5.88. The van der Waals surface area contributed by atoms with Crippen LogP contribution in [0.25, 0.3) is 0 Å². The predicted octanol–water partition coefficient (Wildman–Crippen LogP) is 5.16. The quantitative estimate of drug-likeness (QED) is 0.440. The molecular formula is C33H41NO4. The van der Waals surface area contributed by atoms with Gasteiger partial charge in [0.2, 0.25) is 0 Å². The Hall–Kier alpha value is -2.21. The van der Waals surface area contributed by atoms with E-state index in [0.717, 1.165) is 63.1 Å². The molecule has 5 nitrogen and oxygen atoms in total. The Balaban J connectivity index is 1.05. The van der Waals surface area contributed by atoms with E-state index >= 15 is 0 Å². The average molecular weight is 516 g/mol. The van der Waals surface area contributed by atoms with E-state index in [1.807, 2.05) is 60.7 Å². The summed E-state index contributed by atoms with van der Waals surface area (Å²) in [4.78, 5) is 15.6. The van der Waals surface area contributed by atoms with Gasteiger partial charge in [-0.3, -0.25) is 4.79 Å². The lowest BCUT2D eigenvalue weighted by molar-refractivity contribution is -0.147. The lowest BCUT2D eigenvalue weighted by atomic mass is 9.53. The van der Waals surface area contributed by atoms with E-state index < -0.39 is 5.60 Å². The minimum Gasteiger partial charge on any atom is -0.462 e. The highest BCUT2D eigenvalue weighted by Gasteiger charge is 2.65. The van der Waals surface area contributed by atoms with Gasteiger partial charge in [-0.15, -0.1) is 0 Å². The van der Waals surface area contributed by atoms with Crippen LogP contribution in [0.1, 0.15) is 63.0 Å². The smallest absolute Gasteiger partial charge is 0.310 e. The number of rotatable bonds is 5. The molecule has 7 rings (SSSR count). The van der Waals surface area contributed by atoms with Crippen molar-refractivity contribution in [2.24, 2.45) is 29.1 Å². The molecule has 38 heavy (non-hydrogen) atoms. The van der Waals surface area contributed by atoms with Gasteiger partial charge in [0.05, 0.1) is 18.1 Å². The summed E-state index contributed by atoms with van der Waals surface area (Å²) in [6.07, 6.45) is 7.57. The van der Waals surface area contributed by atoms with E-state index in [-0.39, 0.29) is 34.9 Å². The van der Waals surface area contributed by atoms with Crippen LogP contribution in [-0.2, 0) is 19.9 Å².